The lowest BCUT2D eigenvalue weighted by atomic mass is 10.2. The topological polar surface area (TPSA) is 72.9 Å². The summed E-state index contributed by atoms with van der Waals surface area (Å²) in [4.78, 5) is 37.8. The molecule has 0 unspecified atom stereocenters. The van der Waals surface area contributed by atoms with Crippen LogP contribution in [0.5, 0.6) is 5.75 Å². The Hall–Kier alpha value is -1.62. The minimum atomic E-state index is -0.990. The van der Waals surface area contributed by atoms with Crippen LogP contribution in [0.3, 0.4) is 0 Å². The first-order valence-corrected chi connectivity index (χ1v) is 12.1. The molecule has 6 nitrogen and oxygen atoms in total. The number of thioether (sulfide) groups is 1. The van der Waals surface area contributed by atoms with Crippen LogP contribution in [-0.2, 0) is 20.9 Å². The second kappa shape index (κ2) is 10.3. The molecule has 1 aliphatic rings. The molecule has 0 spiro atoms. The van der Waals surface area contributed by atoms with Gasteiger partial charge in [-0.1, -0.05) is 28.1 Å². The molecule has 1 saturated heterocycles. The van der Waals surface area contributed by atoms with Gasteiger partial charge in [-0.25, -0.2) is 4.79 Å². The zero-order valence-electron chi connectivity index (χ0n) is 16.4. The lowest BCUT2D eigenvalue weighted by Crippen LogP contribution is -2.42. The maximum absolute atomic E-state index is 12.7. The van der Waals surface area contributed by atoms with E-state index < -0.39 is 23.2 Å². The molecule has 10 heteroatoms. The minimum absolute atomic E-state index is 0.225. The summed E-state index contributed by atoms with van der Waals surface area (Å²) in [5.41, 5.74) is 1.70. The first-order chi connectivity index (χ1) is 14.7. The van der Waals surface area contributed by atoms with Crippen LogP contribution in [0.1, 0.15) is 18.1 Å². The number of ether oxygens (including phenoxy) is 2. The summed E-state index contributed by atoms with van der Waals surface area (Å²) in [7, 11) is 1.21. The SMILES string of the molecule is COC(=O)[C@H](C)N1C(=O)S/C(=C/c2cc(Br)c(OCc3ccc(Br)cc3)c(Br)c2)C1=O. The number of hydrogen-bond acceptors (Lipinski definition) is 6. The first-order valence-electron chi connectivity index (χ1n) is 8.92. The molecule has 1 heterocycles. The van der Waals surface area contributed by atoms with Crippen LogP contribution in [0.4, 0.5) is 4.79 Å². The Morgan fingerprint density at radius 2 is 1.74 bits per heavy atom. The normalized spacial score (nSPS) is 16.0. The van der Waals surface area contributed by atoms with Crippen molar-refractivity contribution in [2.45, 2.75) is 19.6 Å². The molecule has 2 amide bonds. The van der Waals surface area contributed by atoms with E-state index in [1.807, 2.05) is 24.3 Å². The highest BCUT2D eigenvalue weighted by Crippen LogP contribution is 2.38. The predicted molar refractivity (Wildman–Crippen MR) is 130 cm³/mol. The van der Waals surface area contributed by atoms with Gasteiger partial charge in [0.25, 0.3) is 11.1 Å². The number of hydrogen-bond donors (Lipinski definition) is 0. The summed E-state index contributed by atoms with van der Waals surface area (Å²) < 4.78 is 12.9. The number of rotatable bonds is 6. The van der Waals surface area contributed by atoms with Crippen molar-refractivity contribution in [3.8, 4) is 5.75 Å². The predicted octanol–water partition coefficient (Wildman–Crippen LogP) is 6.15. The third kappa shape index (κ3) is 5.60. The van der Waals surface area contributed by atoms with Crippen molar-refractivity contribution in [2.75, 3.05) is 7.11 Å². The Kier molecular flexibility index (Phi) is 8.01. The molecule has 1 aliphatic heterocycles. The fraction of sp³-hybridized carbons (Fsp3) is 0.190. The molecular formula is C21H16Br3NO5S. The average molecular weight is 634 g/mol. The second-order valence-corrected chi connectivity index (χ2v) is 10.1. The van der Waals surface area contributed by atoms with E-state index in [4.69, 9.17) is 4.74 Å². The van der Waals surface area contributed by atoms with Gasteiger partial charge in [-0.2, -0.15) is 0 Å². The molecule has 0 saturated carbocycles. The standard InChI is InChI=1S/C21H16Br3NO5S/c1-11(20(27)29-2)25-19(26)17(31-21(25)28)9-13-7-15(23)18(16(24)8-13)30-10-12-3-5-14(22)6-4-12/h3-9,11H,10H2,1-2H3/b17-9+/t11-/m0/s1. The Labute approximate surface area is 208 Å². The number of esters is 1. The largest absolute Gasteiger partial charge is 0.487 e. The number of benzene rings is 2. The van der Waals surface area contributed by atoms with E-state index in [-0.39, 0.29) is 4.91 Å². The van der Waals surface area contributed by atoms with Crippen molar-refractivity contribution in [2.24, 2.45) is 0 Å². The van der Waals surface area contributed by atoms with Crippen LogP contribution in [0.25, 0.3) is 6.08 Å². The maximum Gasteiger partial charge on any atom is 0.328 e. The Bertz CT molecular complexity index is 1050. The molecule has 0 bridgehead atoms. The highest BCUT2D eigenvalue weighted by Gasteiger charge is 2.41. The smallest absolute Gasteiger partial charge is 0.328 e. The van der Waals surface area contributed by atoms with Crippen LogP contribution < -0.4 is 4.74 Å². The molecule has 0 radical (unpaired) electrons. The van der Waals surface area contributed by atoms with Crippen LogP contribution in [0, 0.1) is 0 Å². The third-order valence-electron chi connectivity index (χ3n) is 4.37. The third-order valence-corrected chi connectivity index (χ3v) is 6.96. The number of nitrogens with zero attached hydrogens (tertiary/aromatic N) is 1. The molecule has 0 aromatic heterocycles. The number of amides is 2. The lowest BCUT2D eigenvalue weighted by molar-refractivity contribution is -0.148. The molecule has 2 aromatic carbocycles. The molecule has 0 N–H and O–H groups in total. The van der Waals surface area contributed by atoms with E-state index in [1.54, 1.807) is 18.2 Å². The van der Waals surface area contributed by atoms with Crippen molar-refractivity contribution in [3.63, 3.8) is 0 Å². The van der Waals surface area contributed by atoms with Gasteiger partial charge in [0.05, 0.1) is 21.0 Å². The monoisotopic (exact) mass is 631 g/mol. The van der Waals surface area contributed by atoms with Crippen LogP contribution >= 0.6 is 59.6 Å². The number of carbonyl (C=O) groups excluding carboxylic acids is 3. The second-order valence-electron chi connectivity index (χ2n) is 6.48. The van der Waals surface area contributed by atoms with Gasteiger partial charge in [0.1, 0.15) is 18.4 Å². The van der Waals surface area contributed by atoms with E-state index in [2.05, 4.69) is 52.5 Å². The summed E-state index contributed by atoms with van der Waals surface area (Å²) in [5.74, 6) is -0.565. The van der Waals surface area contributed by atoms with Crippen LogP contribution in [0.2, 0.25) is 0 Å². The average Bonchev–Trinajstić information content (AvgIpc) is 3.00. The number of halogens is 3. The van der Waals surface area contributed by atoms with Crippen molar-refractivity contribution >= 4 is 82.7 Å². The van der Waals surface area contributed by atoms with Gasteiger partial charge >= 0.3 is 5.97 Å². The highest BCUT2D eigenvalue weighted by molar-refractivity contribution is 9.11. The maximum atomic E-state index is 12.7. The Morgan fingerprint density at radius 3 is 2.32 bits per heavy atom. The fourth-order valence-corrected chi connectivity index (χ4v) is 5.40. The first kappa shape index (κ1) is 24.0. The molecule has 1 atom stereocenters. The Balaban J connectivity index is 1.78. The van der Waals surface area contributed by atoms with Gasteiger partial charge in [0.15, 0.2) is 0 Å². The van der Waals surface area contributed by atoms with E-state index in [0.717, 1.165) is 26.7 Å². The van der Waals surface area contributed by atoms with E-state index in [0.29, 0.717) is 26.9 Å². The zero-order chi connectivity index (χ0) is 22.7. The van der Waals surface area contributed by atoms with Gasteiger partial charge in [0, 0.05) is 4.47 Å². The number of carbonyl (C=O) groups is 3. The van der Waals surface area contributed by atoms with Gasteiger partial charge in [-0.3, -0.25) is 14.5 Å². The zero-order valence-corrected chi connectivity index (χ0v) is 21.9. The molecule has 2 aromatic rings. The molecule has 162 valence electrons. The summed E-state index contributed by atoms with van der Waals surface area (Å²) in [5, 5.41) is -0.512. The van der Waals surface area contributed by atoms with E-state index in [9.17, 15) is 14.4 Å². The summed E-state index contributed by atoms with van der Waals surface area (Å²) in [6.45, 7) is 1.84. The quantitative estimate of drug-likeness (QED) is 0.281. The molecule has 1 fully saturated rings. The van der Waals surface area contributed by atoms with Crippen molar-refractivity contribution in [1.29, 1.82) is 0 Å². The summed E-state index contributed by atoms with van der Waals surface area (Å²) in [6, 6.07) is 10.4. The van der Waals surface area contributed by atoms with Gasteiger partial charge in [0.2, 0.25) is 0 Å². The van der Waals surface area contributed by atoms with Crippen LogP contribution in [0.15, 0.2) is 54.7 Å². The molecular weight excluding hydrogens is 618 g/mol. The van der Waals surface area contributed by atoms with Crippen LogP contribution in [-0.4, -0.2) is 35.2 Å². The fourth-order valence-electron chi connectivity index (χ4n) is 2.78. The lowest BCUT2D eigenvalue weighted by Gasteiger charge is -2.18. The van der Waals surface area contributed by atoms with Gasteiger partial charge in [-0.15, -0.1) is 0 Å². The molecule has 31 heavy (non-hydrogen) atoms. The summed E-state index contributed by atoms with van der Waals surface area (Å²) in [6.07, 6.45) is 1.60. The van der Waals surface area contributed by atoms with Crippen molar-refractivity contribution < 1.29 is 23.9 Å². The van der Waals surface area contributed by atoms with E-state index >= 15 is 0 Å². The highest BCUT2D eigenvalue weighted by atomic mass is 79.9. The molecule has 3 rings (SSSR count). The van der Waals surface area contributed by atoms with Crippen molar-refractivity contribution in [1.82, 2.24) is 4.90 Å². The molecule has 0 aliphatic carbocycles. The number of methoxy groups -OCH3 is 1. The number of imide groups is 1. The van der Waals surface area contributed by atoms with Gasteiger partial charge in [-0.05, 0) is 92.0 Å². The van der Waals surface area contributed by atoms with E-state index in [1.165, 1.54) is 14.0 Å². The summed E-state index contributed by atoms with van der Waals surface area (Å²) >= 11 is 11.2. The Morgan fingerprint density at radius 1 is 1.13 bits per heavy atom. The minimum Gasteiger partial charge on any atom is -0.487 e. The van der Waals surface area contributed by atoms with Gasteiger partial charge < -0.3 is 9.47 Å². The van der Waals surface area contributed by atoms with Crippen molar-refractivity contribution in [3.05, 3.63) is 65.8 Å².